The molecule has 1 amide bonds. The van der Waals surface area contributed by atoms with Crippen molar-refractivity contribution in [2.45, 2.75) is 11.9 Å². The predicted octanol–water partition coefficient (Wildman–Crippen LogP) is 3.90. The summed E-state index contributed by atoms with van der Waals surface area (Å²) in [7, 11) is 0. The number of nitrogens with one attached hydrogen (secondary N) is 1. The summed E-state index contributed by atoms with van der Waals surface area (Å²) in [6.07, 6.45) is 1.44. The van der Waals surface area contributed by atoms with E-state index in [0.29, 0.717) is 21.2 Å². The van der Waals surface area contributed by atoms with Gasteiger partial charge in [-0.3, -0.25) is 4.79 Å². The molecule has 2 heterocycles. The van der Waals surface area contributed by atoms with Crippen LogP contribution in [0.5, 0.6) is 0 Å². The second-order valence-corrected chi connectivity index (χ2v) is 7.44. The zero-order valence-corrected chi connectivity index (χ0v) is 16.4. The average molecular weight is 411 g/mol. The fraction of sp³-hybridized carbons (Fsp3) is 0.105. The summed E-state index contributed by atoms with van der Waals surface area (Å²) < 4.78 is 1.60. The first-order valence-corrected chi connectivity index (χ1v) is 9.78. The van der Waals surface area contributed by atoms with Gasteiger partial charge in [-0.1, -0.05) is 46.8 Å². The van der Waals surface area contributed by atoms with Crippen LogP contribution in [0.2, 0.25) is 5.02 Å². The highest BCUT2D eigenvalue weighted by atomic mass is 35.5. The van der Waals surface area contributed by atoms with Gasteiger partial charge in [-0.15, -0.1) is 5.10 Å². The van der Waals surface area contributed by atoms with Crippen molar-refractivity contribution in [3.05, 3.63) is 65.4 Å². The van der Waals surface area contributed by atoms with Crippen LogP contribution in [-0.2, 0) is 4.79 Å². The first kappa shape index (κ1) is 18.4. The third kappa shape index (κ3) is 3.97. The van der Waals surface area contributed by atoms with E-state index >= 15 is 0 Å². The van der Waals surface area contributed by atoms with Crippen LogP contribution in [0.1, 0.15) is 5.56 Å². The van der Waals surface area contributed by atoms with E-state index in [1.54, 1.807) is 16.8 Å². The zero-order valence-electron chi connectivity index (χ0n) is 14.8. The van der Waals surface area contributed by atoms with Gasteiger partial charge in [0.2, 0.25) is 5.91 Å². The molecule has 7 nitrogen and oxygen atoms in total. The van der Waals surface area contributed by atoms with Crippen LogP contribution in [0.15, 0.2) is 59.9 Å². The molecule has 0 saturated carbocycles. The lowest BCUT2D eigenvalue weighted by Gasteiger charge is -2.06. The molecule has 0 radical (unpaired) electrons. The van der Waals surface area contributed by atoms with Gasteiger partial charge in [-0.05, 0) is 42.8 Å². The van der Waals surface area contributed by atoms with Crippen LogP contribution in [0, 0.1) is 6.92 Å². The summed E-state index contributed by atoms with van der Waals surface area (Å²) in [5, 5.41) is 12.4. The average Bonchev–Trinajstić information content (AvgIpc) is 3.11. The molecule has 0 aliphatic carbocycles. The van der Waals surface area contributed by atoms with E-state index < -0.39 is 0 Å². The Morgan fingerprint density at radius 3 is 2.86 bits per heavy atom. The van der Waals surface area contributed by atoms with Gasteiger partial charge in [0.1, 0.15) is 11.4 Å². The second-order valence-electron chi connectivity index (χ2n) is 6.04. The number of aromatic nitrogens is 5. The minimum Gasteiger partial charge on any atom is -0.325 e. The molecule has 4 aromatic rings. The number of aryl methyl sites for hydroxylation is 1. The maximum absolute atomic E-state index is 12.3. The van der Waals surface area contributed by atoms with Crippen LogP contribution in [0.25, 0.3) is 16.9 Å². The Bertz CT molecular complexity index is 1160. The van der Waals surface area contributed by atoms with E-state index in [-0.39, 0.29) is 11.7 Å². The van der Waals surface area contributed by atoms with Gasteiger partial charge in [0.05, 0.1) is 11.4 Å². The van der Waals surface area contributed by atoms with Crippen molar-refractivity contribution in [1.29, 1.82) is 0 Å². The molecule has 28 heavy (non-hydrogen) atoms. The number of hydrogen-bond donors (Lipinski definition) is 1. The number of anilines is 1. The number of fused-ring (bicyclic) bond motifs is 1. The van der Waals surface area contributed by atoms with Gasteiger partial charge in [0.25, 0.3) is 0 Å². The van der Waals surface area contributed by atoms with Gasteiger partial charge in [-0.25, -0.2) is 9.97 Å². The number of hydrogen-bond acceptors (Lipinski definition) is 6. The number of nitrogens with zero attached hydrogens (tertiary/aromatic N) is 5. The highest BCUT2D eigenvalue weighted by molar-refractivity contribution is 8.00. The number of rotatable bonds is 5. The largest absolute Gasteiger partial charge is 0.325 e. The Morgan fingerprint density at radius 2 is 2.04 bits per heavy atom. The quantitative estimate of drug-likeness (QED) is 0.396. The van der Waals surface area contributed by atoms with Crippen LogP contribution in [-0.4, -0.2) is 36.6 Å². The molecule has 2 aromatic heterocycles. The molecule has 0 fully saturated rings. The lowest BCUT2D eigenvalue weighted by atomic mass is 10.2. The Labute approximate surface area is 170 Å². The van der Waals surface area contributed by atoms with Crippen LogP contribution >= 0.6 is 23.4 Å². The molecule has 0 atom stereocenters. The molecule has 9 heteroatoms. The van der Waals surface area contributed by atoms with E-state index in [1.165, 1.54) is 18.1 Å². The summed E-state index contributed by atoms with van der Waals surface area (Å²) in [5.74, 6) is 0.0777. The van der Waals surface area contributed by atoms with Crippen molar-refractivity contribution in [3.8, 4) is 5.69 Å². The van der Waals surface area contributed by atoms with E-state index in [4.69, 9.17) is 11.6 Å². The van der Waals surface area contributed by atoms with Crippen molar-refractivity contribution >= 4 is 46.1 Å². The number of benzene rings is 2. The lowest BCUT2D eigenvalue weighted by Crippen LogP contribution is -2.14. The first-order valence-electron chi connectivity index (χ1n) is 8.42. The second kappa shape index (κ2) is 7.95. The normalized spacial score (nSPS) is 10.9. The standard InChI is InChI=1S/C19H15ClN6OS/c1-12-4-2-6-14(8-12)23-16(27)10-28-19-17-18(21-11-22-19)26(25-24-17)15-7-3-5-13(20)9-15/h2-9,11H,10H2,1H3,(H,23,27). The highest BCUT2D eigenvalue weighted by Gasteiger charge is 2.15. The van der Waals surface area contributed by atoms with E-state index in [2.05, 4.69) is 25.6 Å². The summed E-state index contributed by atoms with van der Waals surface area (Å²) in [4.78, 5) is 20.8. The van der Waals surface area contributed by atoms with E-state index in [0.717, 1.165) is 16.9 Å². The van der Waals surface area contributed by atoms with Crippen LogP contribution < -0.4 is 5.32 Å². The molecular formula is C19H15ClN6OS. The van der Waals surface area contributed by atoms with Crippen molar-refractivity contribution < 1.29 is 4.79 Å². The number of halogens is 1. The smallest absolute Gasteiger partial charge is 0.234 e. The molecular weight excluding hydrogens is 396 g/mol. The third-order valence-corrected chi connectivity index (χ3v) is 5.11. The Balaban J connectivity index is 1.52. The molecule has 0 aliphatic heterocycles. The zero-order chi connectivity index (χ0) is 19.5. The van der Waals surface area contributed by atoms with Crippen LogP contribution in [0.3, 0.4) is 0 Å². The molecule has 0 unspecified atom stereocenters. The summed E-state index contributed by atoms with van der Waals surface area (Å²) in [5.41, 5.74) is 3.70. The first-order chi connectivity index (χ1) is 13.6. The lowest BCUT2D eigenvalue weighted by molar-refractivity contribution is -0.113. The molecule has 0 aliphatic rings. The van der Waals surface area contributed by atoms with E-state index in [1.807, 2.05) is 43.3 Å². The Hall–Kier alpha value is -2.97. The fourth-order valence-electron chi connectivity index (χ4n) is 2.67. The van der Waals surface area contributed by atoms with Crippen molar-refractivity contribution in [2.75, 3.05) is 11.1 Å². The Kier molecular flexibility index (Phi) is 5.23. The molecule has 140 valence electrons. The van der Waals surface area contributed by atoms with Gasteiger partial charge in [-0.2, -0.15) is 4.68 Å². The van der Waals surface area contributed by atoms with Crippen LogP contribution in [0.4, 0.5) is 5.69 Å². The summed E-state index contributed by atoms with van der Waals surface area (Å²) in [6.45, 7) is 1.98. The van der Waals surface area contributed by atoms with Crippen molar-refractivity contribution in [3.63, 3.8) is 0 Å². The number of carbonyl (C=O) groups excluding carboxylic acids is 1. The molecule has 4 rings (SSSR count). The topological polar surface area (TPSA) is 85.6 Å². The predicted molar refractivity (Wildman–Crippen MR) is 110 cm³/mol. The molecule has 0 bridgehead atoms. The van der Waals surface area contributed by atoms with Crippen molar-refractivity contribution in [1.82, 2.24) is 25.0 Å². The minimum atomic E-state index is -0.121. The number of amides is 1. The van der Waals surface area contributed by atoms with Gasteiger partial charge in [0.15, 0.2) is 11.2 Å². The minimum absolute atomic E-state index is 0.121. The molecule has 2 aromatic carbocycles. The SMILES string of the molecule is Cc1cccc(NC(=O)CSc2ncnc3c2nnn3-c2cccc(Cl)c2)c1. The molecule has 1 N–H and O–H groups in total. The Morgan fingerprint density at radius 1 is 1.18 bits per heavy atom. The van der Waals surface area contributed by atoms with Gasteiger partial charge < -0.3 is 5.32 Å². The fourth-order valence-corrected chi connectivity index (χ4v) is 3.58. The van der Waals surface area contributed by atoms with Gasteiger partial charge in [0, 0.05) is 10.7 Å². The highest BCUT2D eigenvalue weighted by Crippen LogP contribution is 2.25. The molecule has 0 saturated heterocycles. The monoisotopic (exact) mass is 410 g/mol. The van der Waals surface area contributed by atoms with E-state index in [9.17, 15) is 4.79 Å². The summed E-state index contributed by atoms with van der Waals surface area (Å²) >= 11 is 7.35. The van der Waals surface area contributed by atoms with Gasteiger partial charge >= 0.3 is 0 Å². The van der Waals surface area contributed by atoms with Crippen molar-refractivity contribution in [2.24, 2.45) is 0 Å². The maximum atomic E-state index is 12.3. The maximum Gasteiger partial charge on any atom is 0.234 e. The summed E-state index contributed by atoms with van der Waals surface area (Å²) in [6, 6.07) is 14.9. The number of thioether (sulfide) groups is 1. The number of carbonyl (C=O) groups is 1. The molecule has 0 spiro atoms. The third-order valence-electron chi connectivity index (χ3n) is 3.90.